The minimum Gasteiger partial charge on any atom is -0.329 e. The van der Waals surface area contributed by atoms with E-state index in [1.807, 2.05) is 13.0 Å². The van der Waals surface area contributed by atoms with Gasteiger partial charge in [-0.05, 0) is 37.3 Å². The minimum absolute atomic E-state index is 0. The van der Waals surface area contributed by atoms with E-state index in [1.54, 1.807) is 19.1 Å². The molecule has 1 fully saturated rings. The fourth-order valence-electron chi connectivity index (χ4n) is 3.24. The molecule has 0 radical (unpaired) electrons. The van der Waals surface area contributed by atoms with Gasteiger partial charge >= 0.3 is 0 Å². The minimum atomic E-state index is -3.78. The Balaban J connectivity index is 0.00000264. The molecule has 0 heterocycles. The lowest BCUT2D eigenvalue weighted by Gasteiger charge is -2.42. The van der Waals surface area contributed by atoms with E-state index in [-0.39, 0.29) is 35.3 Å². The first-order valence-corrected chi connectivity index (χ1v) is 9.08. The van der Waals surface area contributed by atoms with Gasteiger partial charge in [0.15, 0.2) is 0 Å². The van der Waals surface area contributed by atoms with Crippen molar-refractivity contribution in [1.82, 2.24) is 4.72 Å². The highest BCUT2D eigenvalue weighted by Gasteiger charge is 2.41. The lowest BCUT2D eigenvalue weighted by Crippen LogP contribution is -2.59. The molecule has 3 N–H and O–H groups in total. The summed E-state index contributed by atoms with van der Waals surface area (Å²) in [7, 11) is -3.78. The maximum Gasteiger partial charge on any atom is 0.242 e. The van der Waals surface area contributed by atoms with E-state index >= 15 is 0 Å². The number of aryl methyl sites for hydroxylation is 1. The van der Waals surface area contributed by atoms with Crippen molar-refractivity contribution in [2.24, 2.45) is 11.7 Å². The van der Waals surface area contributed by atoms with Gasteiger partial charge in [0.25, 0.3) is 0 Å². The molecule has 2 rings (SSSR count). The molecule has 1 saturated carbocycles. The molecule has 1 aliphatic rings. The zero-order chi connectivity index (χ0) is 16.4. The molecule has 0 saturated heterocycles. The van der Waals surface area contributed by atoms with Gasteiger partial charge in [0.2, 0.25) is 10.0 Å². The van der Waals surface area contributed by atoms with Crippen molar-refractivity contribution < 1.29 is 8.42 Å². The van der Waals surface area contributed by atoms with E-state index in [1.165, 1.54) is 6.07 Å². The predicted molar refractivity (Wildman–Crippen MR) is 92.9 cm³/mol. The molecule has 1 aromatic rings. The van der Waals surface area contributed by atoms with Crippen LogP contribution in [-0.2, 0) is 10.0 Å². The van der Waals surface area contributed by atoms with E-state index in [2.05, 4.69) is 4.72 Å². The van der Waals surface area contributed by atoms with Gasteiger partial charge in [-0.3, -0.25) is 0 Å². The molecular formula is C16H24ClN3O2S. The average Bonchev–Trinajstić information content (AvgIpc) is 2.49. The van der Waals surface area contributed by atoms with Gasteiger partial charge in [-0.25, -0.2) is 13.1 Å². The van der Waals surface area contributed by atoms with E-state index < -0.39 is 15.6 Å². The van der Waals surface area contributed by atoms with Gasteiger partial charge in [0.1, 0.15) is 11.0 Å². The number of hydrogen-bond acceptors (Lipinski definition) is 4. The molecule has 23 heavy (non-hydrogen) atoms. The van der Waals surface area contributed by atoms with Crippen LogP contribution in [0, 0.1) is 24.2 Å². The standard InChI is InChI=1S/C16H23N3O2S.ClH/c1-12-6-5-8-15(14(12)10-17)22(20,21)19-16(11-18)9-4-3-7-13(16)2;/h5-6,8,13,19H,3-4,7,9,11,18H2,1-2H3;1H. The van der Waals surface area contributed by atoms with Crippen molar-refractivity contribution in [3.63, 3.8) is 0 Å². The number of hydrogen-bond donors (Lipinski definition) is 2. The molecular weight excluding hydrogens is 334 g/mol. The van der Waals surface area contributed by atoms with Gasteiger partial charge in [-0.2, -0.15) is 5.26 Å². The van der Waals surface area contributed by atoms with E-state index in [0.29, 0.717) is 5.56 Å². The molecule has 2 unspecified atom stereocenters. The van der Waals surface area contributed by atoms with Crippen molar-refractivity contribution in [3.05, 3.63) is 29.3 Å². The zero-order valence-electron chi connectivity index (χ0n) is 13.5. The Morgan fingerprint density at radius 2 is 2.13 bits per heavy atom. The van der Waals surface area contributed by atoms with E-state index in [0.717, 1.165) is 25.7 Å². The number of nitrogens with two attached hydrogens (primary N) is 1. The summed E-state index contributed by atoms with van der Waals surface area (Å²) in [5.41, 5.74) is 6.16. The lowest BCUT2D eigenvalue weighted by atomic mass is 9.74. The molecule has 0 spiro atoms. The first-order chi connectivity index (χ1) is 10.4. The maximum absolute atomic E-state index is 12.8. The zero-order valence-corrected chi connectivity index (χ0v) is 15.1. The van der Waals surface area contributed by atoms with Gasteiger partial charge in [-0.15, -0.1) is 12.4 Å². The number of halogens is 1. The van der Waals surface area contributed by atoms with Gasteiger partial charge < -0.3 is 5.73 Å². The number of nitrogens with zero attached hydrogens (tertiary/aromatic N) is 1. The topological polar surface area (TPSA) is 96.0 Å². The molecule has 2 atom stereocenters. The Morgan fingerprint density at radius 1 is 1.43 bits per heavy atom. The molecule has 5 nitrogen and oxygen atoms in total. The quantitative estimate of drug-likeness (QED) is 0.865. The number of sulfonamides is 1. The lowest BCUT2D eigenvalue weighted by molar-refractivity contribution is 0.191. The molecule has 0 aromatic heterocycles. The van der Waals surface area contributed by atoms with Crippen molar-refractivity contribution in [2.45, 2.75) is 50.0 Å². The molecule has 7 heteroatoms. The second kappa shape index (κ2) is 7.63. The van der Waals surface area contributed by atoms with Gasteiger partial charge in [0.05, 0.1) is 5.56 Å². The number of nitriles is 1. The first-order valence-electron chi connectivity index (χ1n) is 7.60. The van der Waals surface area contributed by atoms with Crippen LogP contribution < -0.4 is 10.5 Å². The van der Waals surface area contributed by atoms with Crippen LogP contribution >= 0.6 is 12.4 Å². The Labute approximate surface area is 144 Å². The maximum atomic E-state index is 12.8. The summed E-state index contributed by atoms with van der Waals surface area (Å²) in [5.74, 6) is 0.177. The second-order valence-corrected chi connectivity index (χ2v) is 7.82. The third-order valence-corrected chi connectivity index (χ3v) is 6.39. The van der Waals surface area contributed by atoms with Crippen molar-refractivity contribution >= 4 is 22.4 Å². The SMILES string of the molecule is Cc1cccc(S(=O)(=O)NC2(CN)CCCCC2C)c1C#N.Cl. The van der Waals surface area contributed by atoms with Crippen LogP contribution in [0.4, 0.5) is 0 Å². The molecule has 0 aliphatic heterocycles. The van der Waals surface area contributed by atoms with E-state index in [9.17, 15) is 13.7 Å². The number of benzene rings is 1. The molecule has 128 valence electrons. The largest absolute Gasteiger partial charge is 0.329 e. The predicted octanol–water partition coefficient (Wildman–Crippen LogP) is 2.47. The number of nitrogens with one attached hydrogen (secondary N) is 1. The fraction of sp³-hybridized carbons (Fsp3) is 0.562. The first kappa shape index (κ1) is 19.9. The highest BCUT2D eigenvalue weighted by atomic mass is 35.5. The highest BCUT2D eigenvalue weighted by molar-refractivity contribution is 7.89. The van der Waals surface area contributed by atoms with Gasteiger partial charge in [-0.1, -0.05) is 31.9 Å². The summed E-state index contributed by atoms with van der Waals surface area (Å²) >= 11 is 0. The number of rotatable bonds is 4. The summed E-state index contributed by atoms with van der Waals surface area (Å²) in [6, 6.07) is 6.87. The average molecular weight is 358 g/mol. The summed E-state index contributed by atoms with van der Waals surface area (Å²) in [4.78, 5) is 0.0422. The molecule has 0 amide bonds. The summed E-state index contributed by atoms with van der Waals surface area (Å²) in [6.07, 6.45) is 3.75. The van der Waals surface area contributed by atoms with Crippen LogP contribution in [0.3, 0.4) is 0 Å². The Kier molecular flexibility index (Phi) is 6.60. The molecule has 1 aromatic carbocycles. The van der Waals surface area contributed by atoms with Crippen molar-refractivity contribution in [3.8, 4) is 6.07 Å². The Morgan fingerprint density at radius 3 is 2.70 bits per heavy atom. The van der Waals surface area contributed by atoms with Crippen molar-refractivity contribution in [1.29, 1.82) is 5.26 Å². The van der Waals surface area contributed by atoms with Crippen LogP contribution in [0.15, 0.2) is 23.1 Å². The third kappa shape index (κ3) is 3.86. The van der Waals surface area contributed by atoms with Crippen molar-refractivity contribution in [2.75, 3.05) is 6.54 Å². The summed E-state index contributed by atoms with van der Waals surface area (Å²) in [5, 5.41) is 9.27. The van der Waals surface area contributed by atoms with Gasteiger partial charge in [0, 0.05) is 12.1 Å². The normalized spacial score (nSPS) is 24.5. The van der Waals surface area contributed by atoms with Crippen LogP contribution in [0.25, 0.3) is 0 Å². The van der Waals surface area contributed by atoms with Crippen LogP contribution in [0.2, 0.25) is 0 Å². The summed E-state index contributed by atoms with van der Waals surface area (Å²) < 4.78 is 28.5. The fourth-order valence-corrected chi connectivity index (χ4v) is 5.01. The monoisotopic (exact) mass is 357 g/mol. The molecule has 0 bridgehead atoms. The Bertz CT molecular complexity index is 700. The summed E-state index contributed by atoms with van der Waals surface area (Å²) in [6.45, 7) is 4.04. The smallest absolute Gasteiger partial charge is 0.242 e. The second-order valence-electron chi connectivity index (χ2n) is 6.17. The van der Waals surface area contributed by atoms with Crippen LogP contribution in [0.1, 0.15) is 43.7 Å². The molecule has 1 aliphatic carbocycles. The van der Waals surface area contributed by atoms with Crippen LogP contribution in [-0.4, -0.2) is 20.5 Å². The van der Waals surface area contributed by atoms with E-state index in [4.69, 9.17) is 5.73 Å². The Hall–Kier alpha value is -1.13. The highest BCUT2D eigenvalue weighted by Crippen LogP contribution is 2.34. The third-order valence-electron chi connectivity index (χ3n) is 4.79. The van der Waals surface area contributed by atoms with Crippen LogP contribution in [0.5, 0.6) is 0 Å².